The van der Waals surface area contributed by atoms with Gasteiger partial charge in [-0.1, -0.05) is 32.1 Å². The highest BCUT2D eigenvalue weighted by Crippen LogP contribution is 2.40. The topological polar surface area (TPSA) is 6.48 Å². The molecular weight excluding hydrogens is 345 g/mol. The fraction of sp³-hybridized carbons (Fsp3) is 0.368. The van der Waals surface area contributed by atoms with E-state index in [0.717, 1.165) is 10.5 Å². The second-order valence-electron chi connectivity index (χ2n) is 6.24. The lowest BCUT2D eigenvalue weighted by Crippen LogP contribution is -2.46. The molecule has 1 aromatic rings. The summed E-state index contributed by atoms with van der Waals surface area (Å²) in [7, 11) is 1.46. The van der Waals surface area contributed by atoms with Crippen molar-refractivity contribution < 1.29 is 13.2 Å². The fourth-order valence-electron chi connectivity index (χ4n) is 2.84. The van der Waals surface area contributed by atoms with E-state index in [1.54, 1.807) is 29.3 Å². The molecule has 1 unspecified atom stereocenters. The Morgan fingerprint density at radius 3 is 2.28 bits per heavy atom. The van der Waals surface area contributed by atoms with E-state index in [0.29, 0.717) is 11.4 Å². The summed E-state index contributed by atoms with van der Waals surface area (Å²) in [5, 5.41) is 2.86. The molecule has 0 fully saturated rings. The van der Waals surface area contributed by atoms with Crippen molar-refractivity contribution in [2.24, 2.45) is 5.92 Å². The molecule has 1 atom stereocenters. The quantitative estimate of drug-likeness (QED) is 0.545. The first kappa shape index (κ1) is 19.7. The Labute approximate surface area is 152 Å². The molecule has 0 saturated heterocycles. The third kappa shape index (κ3) is 4.30. The van der Waals surface area contributed by atoms with Gasteiger partial charge in [0.2, 0.25) is 0 Å². The lowest BCUT2D eigenvalue weighted by atomic mass is 9.98. The zero-order valence-electron chi connectivity index (χ0n) is 14.7. The van der Waals surface area contributed by atoms with Crippen molar-refractivity contribution >= 4 is 18.3 Å². The molecule has 2 nitrogen and oxygen atoms in total. The molecule has 0 saturated carbocycles. The number of hydrogen-bond donors (Lipinski definition) is 1. The number of likely N-dealkylation sites (N-methyl/N-ethyl adjacent to an activating group) is 1. The van der Waals surface area contributed by atoms with Crippen LogP contribution < -0.4 is 5.01 Å². The van der Waals surface area contributed by atoms with Crippen LogP contribution in [0.4, 0.5) is 18.9 Å². The normalized spacial score (nSPS) is 20.0. The summed E-state index contributed by atoms with van der Waals surface area (Å²) in [4.78, 5) is 0.761. The minimum absolute atomic E-state index is 0.0782. The molecule has 0 aliphatic carbocycles. The third-order valence-electron chi connectivity index (χ3n) is 4.08. The first-order valence-corrected chi connectivity index (χ1v) is 8.55. The molecule has 0 spiro atoms. The summed E-state index contributed by atoms with van der Waals surface area (Å²) in [6.45, 7) is 5.84. The lowest BCUT2D eigenvalue weighted by molar-refractivity contribution is -0.164. The number of nitrogens with zero attached hydrogens (tertiary/aromatic N) is 2. The van der Waals surface area contributed by atoms with Crippen LogP contribution in [0, 0.1) is 5.92 Å². The number of benzene rings is 1. The van der Waals surface area contributed by atoms with Gasteiger partial charge in [0.15, 0.2) is 0 Å². The second kappa shape index (κ2) is 7.70. The van der Waals surface area contributed by atoms with Crippen LogP contribution >= 0.6 is 12.6 Å². The zero-order chi connectivity index (χ0) is 18.8. The van der Waals surface area contributed by atoms with Crippen LogP contribution in [0.3, 0.4) is 0 Å². The van der Waals surface area contributed by atoms with Crippen LogP contribution in [0.15, 0.2) is 64.7 Å². The van der Waals surface area contributed by atoms with E-state index in [4.69, 9.17) is 0 Å². The highest BCUT2D eigenvalue weighted by Gasteiger charge is 2.48. The van der Waals surface area contributed by atoms with E-state index in [2.05, 4.69) is 12.6 Å². The number of hydrazine groups is 1. The summed E-state index contributed by atoms with van der Waals surface area (Å²) in [6, 6.07) is 5.44. The Balaban J connectivity index is 2.58. The van der Waals surface area contributed by atoms with Crippen LogP contribution in [0.2, 0.25) is 0 Å². The Morgan fingerprint density at radius 2 is 1.80 bits per heavy atom. The van der Waals surface area contributed by atoms with Gasteiger partial charge in [-0.2, -0.15) is 13.2 Å². The van der Waals surface area contributed by atoms with E-state index in [1.165, 1.54) is 18.1 Å². The molecule has 1 heterocycles. The molecule has 0 bridgehead atoms. The van der Waals surface area contributed by atoms with Crippen molar-refractivity contribution in [2.45, 2.75) is 37.9 Å². The number of halogens is 3. The van der Waals surface area contributed by atoms with E-state index < -0.39 is 12.2 Å². The molecule has 2 rings (SSSR count). The Morgan fingerprint density at radius 1 is 1.20 bits per heavy atom. The Bertz CT molecular complexity index is 688. The lowest BCUT2D eigenvalue weighted by Gasteiger charge is -2.34. The van der Waals surface area contributed by atoms with E-state index in [-0.39, 0.29) is 5.92 Å². The molecule has 136 valence electrons. The molecule has 0 N–H and O–H groups in total. The number of allylic oxidation sites excluding steroid dienone is 4. The van der Waals surface area contributed by atoms with Crippen molar-refractivity contribution in [2.75, 3.05) is 12.1 Å². The maximum Gasteiger partial charge on any atom is 0.409 e. The molecule has 0 radical (unpaired) electrons. The largest absolute Gasteiger partial charge is 0.409 e. The van der Waals surface area contributed by atoms with Crippen molar-refractivity contribution in [3.05, 3.63) is 59.8 Å². The van der Waals surface area contributed by atoms with Crippen molar-refractivity contribution in [1.82, 2.24) is 5.01 Å². The maximum absolute atomic E-state index is 13.5. The monoisotopic (exact) mass is 368 g/mol. The Kier molecular flexibility index (Phi) is 6.06. The number of alkyl halides is 3. The summed E-state index contributed by atoms with van der Waals surface area (Å²) in [5.74, 6) is 0.0782. The van der Waals surface area contributed by atoms with Gasteiger partial charge in [0.1, 0.15) is 6.04 Å². The number of rotatable bonds is 4. The van der Waals surface area contributed by atoms with E-state index in [9.17, 15) is 13.2 Å². The van der Waals surface area contributed by atoms with E-state index in [1.807, 2.05) is 39.0 Å². The van der Waals surface area contributed by atoms with Gasteiger partial charge in [-0.25, -0.2) is 5.01 Å². The SMILES string of the molecule is C/C=C\C=C(\C1=CC(C(F)(F)F)N(C)N1c1ccc(S)cc1)C(C)C. The van der Waals surface area contributed by atoms with Crippen LogP contribution in [0.25, 0.3) is 0 Å². The molecule has 0 amide bonds. The summed E-state index contributed by atoms with van der Waals surface area (Å²) >= 11 is 4.26. The fourth-order valence-corrected chi connectivity index (χ4v) is 2.98. The van der Waals surface area contributed by atoms with Gasteiger partial charge >= 0.3 is 6.18 Å². The Hall–Kier alpha value is -1.66. The first-order chi connectivity index (χ1) is 11.7. The van der Waals surface area contributed by atoms with Crippen LogP contribution in [0.1, 0.15) is 20.8 Å². The molecular formula is C19H23F3N2S. The van der Waals surface area contributed by atoms with Crippen LogP contribution in [-0.2, 0) is 0 Å². The van der Waals surface area contributed by atoms with Gasteiger partial charge in [-0.05, 0) is 48.8 Å². The van der Waals surface area contributed by atoms with Gasteiger partial charge in [0.25, 0.3) is 0 Å². The van der Waals surface area contributed by atoms with Crippen LogP contribution in [-0.4, -0.2) is 24.3 Å². The molecule has 1 aromatic carbocycles. The molecule has 1 aliphatic heterocycles. The molecule has 25 heavy (non-hydrogen) atoms. The smallest absolute Gasteiger partial charge is 0.274 e. The van der Waals surface area contributed by atoms with Gasteiger partial charge in [-0.15, -0.1) is 12.6 Å². The minimum atomic E-state index is -4.35. The van der Waals surface area contributed by atoms with Crippen molar-refractivity contribution in [1.29, 1.82) is 0 Å². The van der Waals surface area contributed by atoms with Gasteiger partial charge in [0.05, 0.1) is 11.4 Å². The highest BCUT2D eigenvalue weighted by atomic mass is 32.1. The zero-order valence-corrected chi connectivity index (χ0v) is 15.6. The van der Waals surface area contributed by atoms with Gasteiger partial charge in [-0.3, -0.25) is 5.01 Å². The highest BCUT2D eigenvalue weighted by molar-refractivity contribution is 7.80. The summed E-state index contributed by atoms with van der Waals surface area (Å²) in [5.41, 5.74) is 2.09. The predicted octanol–water partition coefficient (Wildman–Crippen LogP) is 5.62. The van der Waals surface area contributed by atoms with Crippen LogP contribution in [0.5, 0.6) is 0 Å². The average Bonchev–Trinajstić information content (AvgIpc) is 2.86. The number of thiol groups is 1. The maximum atomic E-state index is 13.5. The number of hydrogen-bond acceptors (Lipinski definition) is 3. The summed E-state index contributed by atoms with van der Waals surface area (Å²) < 4.78 is 40.5. The van der Waals surface area contributed by atoms with Crippen molar-refractivity contribution in [3.8, 4) is 0 Å². The van der Waals surface area contributed by atoms with Gasteiger partial charge in [0, 0.05) is 11.9 Å². The third-order valence-corrected chi connectivity index (χ3v) is 4.38. The average molecular weight is 368 g/mol. The predicted molar refractivity (Wildman–Crippen MR) is 99.6 cm³/mol. The first-order valence-electron chi connectivity index (χ1n) is 8.10. The molecule has 6 heteroatoms. The second-order valence-corrected chi connectivity index (χ2v) is 6.76. The molecule has 0 aromatic heterocycles. The number of anilines is 1. The minimum Gasteiger partial charge on any atom is -0.274 e. The standard InChI is InChI=1S/C19H23F3N2S/c1-5-6-7-16(13(2)3)17-12-18(19(20,21)22)23(4)24(17)14-8-10-15(25)11-9-14/h5-13,18,25H,1-4H3/b6-5-,16-7+. The van der Waals surface area contributed by atoms with Crippen molar-refractivity contribution in [3.63, 3.8) is 0 Å². The van der Waals surface area contributed by atoms with Gasteiger partial charge < -0.3 is 0 Å². The van der Waals surface area contributed by atoms with E-state index >= 15 is 0 Å². The summed E-state index contributed by atoms with van der Waals surface area (Å²) in [6.07, 6.45) is 2.54. The molecule has 1 aliphatic rings.